The van der Waals surface area contributed by atoms with Crippen molar-refractivity contribution in [1.82, 2.24) is 4.98 Å². The Morgan fingerprint density at radius 3 is 2.62 bits per heavy atom. The van der Waals surface area contributed by atoms with Crippen molar-refractivity contribution < 1.29 is 9.59 Å². The second kappa shape index (κ2) is 3.66. The van der Waals surface area contributed by atoms with E-state index in [0.29, 0.717) is 5.69 Å². The molecule has 0 atom stereocenters. The van der Waals surface area contributed by atoms with Crippen LogP contribution in [0.3, 0.4) is 0 Å². The summed E-state index contributed by atoms with van der Waals surface area (Å²) in [6.45, 7) is 0. The molecule has 0 aliphatic rings. The summed E-state index contributed by atoms with van der Waals surface area (Å²) in [6.07, 6.45) is 1.41. The van der Waals surface area contributed by atoms with Gasteiger partial charge in [-0.2, -0.15) is 0 Å². The van der Waals surface area contributed by atoms with Gasteiger partial charge in [0, 0.05) is 6.20 Å². The first-order valence-electron chi connectivity index (χ1n) is 3.63. The van der Waals surface area contributed by atoms with Crippen molar-refractivity contribution in [2.24, 2.45) is 11.5 Å². The number of aromatic nitrogens is 1. The number of nitrogens with two attached hydrogens (primary N) is 2. The SMILES string of the molecule is NC(=O)Cc1ncccc1C(N)=O. The molecule has 0 aromatic carbocycles. The van der Waals surface area contributed by atoms with Crippen LogP contribution in [0.4, 0.5) is 0 Å². The van der Waals surface area contributed by atoms with Crippen LogP contribution in [0.5, 0.6) is 0 Å². The largest absolute Gasteiger partial charge is 0.369 e. The molecule has 0 unspecified atom stereocenters. The van der Waals surface area contributed by atoms with Crippen molar-refractivity contribution in [3.05, 3.63) is 29.6 Å². The Morgan fingerprint density at radius 2 is 2.08 bits per heavy atom. The number of hydrogen-bond donors (Lipinski definition) is 2. The second-order valence-electron chi connectivity index (χ2n) is 2.50. The number of hydrogen-bond acceptors (Lipinski definition) is 3. The second-order valence-corrected chi connectivity index (χ2v) is 2.50. The average molecular weight is 179 g/mol. The summed E-state index contributed by atoms with van der Waals surface area (Å²) in [5.74, 6) is -1.15. The van der Waals surface area contributed by atoms with Gasteiger partial charge in [0.05, 0.1) is 17.7 Å². The van der Waals surface area contributed by atoms with Gasteiger partial charge < -0.3 is 11.5 Å². The summed E-state index contributed by atoms with van der Waals surface area (Å²) in [6, 6.07) is 3.08. The zero-order valence-electron chi connectivity index (χ0n) is 6.86. The highest BCUT2D eigenvalue weighted by Crippen LogP contribution is 2.04. The molecule has 1 heterocycles. The van der Waals surface area contributed by atoms with E-state index in [1.54, 1.807) is 6.07 Å². The van der Waals surface area contributed by atoms with Crippen molar-refractivity contribution in [2.45, 2.75) is 6.42 Å². The van der Waals surface area contributed by atoms with Gasteiger partial charge in [-0.25, -0.2) is 0 Å². The topological polar surface area (TPSA) is 99.1 Å². The number of carbonyl (C=O) groups excluding carboxylic acids is 2. The van der Waals surface area contributed by atoms with Crippen LogP contribution in [-0.2, 0) is 11.2 Å². The summed E-state index contributed by atoms with van der Waals surface area (Å²) >= 11 is 0. The third kappa shape index (κ3) is 2.26. The normalized spacial score (nSPS) is 9.54. The third-order valence-electron chi connectivity index (χ3n) is 1.50. The van der Waals surface area contributed by atoms with Gasteiger partial charge in [0.25, 0.3) is 5.91 Å². The fraction of sp³-hybridized carbons (Fsp3) is 0.125. The van der Waals surface area contributed by atoms with Crippen LogP contribution in [0, 0.1) is 0 Å². The predicted octanol–water partition coefficient (Wildman–Crippen LogP) is -0.792. The maximum atomic E-state index is 10.8. The monoisotopic (exact) mass is 179 g/mol. The molecular weight excluding hydrogens is 170 g/mol. The van der Waals surface area contributed by atoms with Crippen molar-refractivity contribution >= 4 is 11.8 Å². The number of carbonyl (C=O) groups is 2. The van der Waals surface area contributed by atoms with Crippen LogP contribution in [0.1, 0.15) is 16.1 Å². The molecule has 0 aliphatic heterocycles. The highest BCUT2D eigenvalue weighted by molar-refractivity contribution is 5.95. The zero-order valence-corrected chi connectivity index (χ0v) is 6.86. The van der Waals surface area contributed by atoms with Gasteiger partial charge in [-0.15, -0.1) is 0 Å². The molecule has 2 amide bonds. The van der Waals surface area contributed by atoms with E-state index in [2.05, 4.69) is 4.98 Å². The lowest BCUT2D eigenvalue weighted by Gasteiger charge is -2.01. The molecule has 1 rings (SSSR count). The van der Waals surface area contributed by atoms with Gasteiger partial charge >= 0.3 is 0 Å². The Hall–Kier alpha value is -1.91. The molecule has 4 N–H and O–H groups in total. The minimum absolute atomic E-state index is 0.0703. The van der Waals surface area contributed by atoms with Crippen LogP contribution in [0.2, 0.25) is 0 Å². The molecule has 5 nitrogen and oxygen atoms in total. The van der Waals surface area contributed by atoms with E-state index in [-0.39, 0.29) is 12.0 Å². The smallest absolute Gasteiger partial charge is 0.250 e. The lowest BCUT2D eigenvalue weighted by Crippen LogP contribution is -2.20. The fourth-order valence-corrected chi connectivity index (χ4v) is 0.968. The van der Waals surface area contributed by atoms with E-state index < -0.39 is 11.8 Å². The minimum Gasteiger partial charge on any atom is -0.369 e. The molecule has 13 heavy (non-hydrogen) atoms. The molecule has 0 bridgehead atoms. The maximum Gasteiger partial charge on any atom is 0.250 e. The molecule has 1 aromatic heterocycles. The van der Waals surface area contributed by atoms with Gasteiger partial charge in [0.15, 0.2) is 0 Å². The first-order chi connectivity index (χ1) is 6.11. The standard InChI is InChI=1S/C8H9N3O2/c9-7(12)4-6-5(8(10)13)2-1-3-11-6/h1-3H,4H2,(H2,9,12)(H2,10,13). The van der Waals surface area contributed by atoms with E-state index in [1.165, 1.54) is 12.3 Å². The van der Waals surface area contributed by atoms with E-state index in [0.717, 1.165) is 0 Å². The van der Waals surface area contributed by atoms with Gasteiger partial charge in [-0.3, -0.25) is 14.6 Å². The van der Waals surface area contributed by atoms with Crippen LogP contribution in [0.15, 0.2) is 18.3 Å². The quantitative estimate of drug-likeness (QED) is 0.635. The summed E-state index contributed by atoms with van der Waals surface area (Å²) in [4.78, 5) is 25.2. The van der Waals surface area contributed by atoms with Crippen molar-refractivity contribution in [3.63, 3.8) is 0 Å². The molecule has 0 fully saturated rings. The molecule has 0 saturated heterocycles. The minimum atomic E-state index is -0.607. The van der Waals surface area contributed by atoms with Gasteiger partial charge in [0.1, 0.15) is 0 Å². The van der Waals surface area contributed by atoms with Crippen molar-refractivity contribution in [2.75, 3.05) is 0 Å². The Bertz CT molecular complexity index is 349. The summed E-state index contributed by atoms with van der Waals surface area (Å²) in [5, 5.41) is 0. The molecule has 5 heteroatoms. The highest BCUT2D eigenvalue weighted by atomic mass is 16.1. The Labute approximate surface area is 74.7 Å². The van der Waals surface area contributed by atoms with E-state index in [1.807, 2.05) is 0 Å². The highest BCUT2D eigenvalue weighted by Gasteiger charge is 2.10. The third-order valence-corrected chi connectivity index (χ3v) is 1.50. The van der Waals surface area contributed by atoms with E-state index in [4.69, 9.17) is 11.5 Å². The molecule has 0 aliphatic carbocycles. The van der Waals surface area contributed by atoms with Crippen LogP contribution < -0.4 is 11.5 Å². The van der Waals surface area contributed by atoms with Crippen LogP contribution >= 0.6 is 0 Å². The van der Waals surface area contributed by atoms with E-state index >= 15 is 0 Å². The molecule has 1 aromatic rings. The number of amides is 2. The molecule has 0 radical (unpaired) electrons. The number of rotatable bonds is 3. The van der Waals surface area contributed by atoms with Crippen LogP contribution in [0.25, 0.3) is 0 Å². The van der Waals surface area contributed by atoms with Crippen molar-refractivity contribution in [1.29, 1.82) is 0 Å². The first-order valence-corrected chi connectivity index (χ1v) is 3.63. The number of primary amides is 2. The number of pyridine rings is 1. The summed E-state index contributed by atoms with van der Waals surface area (Å²) in [5.41, 5.74) is 10.6. The Kier molecular flexibility index (Phi) is 2.59. The Balaban J connectivity index is 3.04. The van der Waals surface area contributed by atoms with Crippen LogP contribution in [-0.4, -0.2) is 16.8 Å². The lowest BCUT2D eigenvalue weighted by molar-refractivity contribution is -0.117. The lowest BCUT2D eigenvalue weighted by atomic mass is 10.1. The Morgan fingerprint density at radius 1 is 1.38 bits per heavy atom. The summed E-state index contributed by atoms with van der Waals surface area (Å²) < 4.78 is 0. The first kappa shape index (κ1) is 9.18. The summed E-state index contributed by atoms with van der Waals surface area (Å²) in [7, 11) is 0. The van der Waals surface area contributed by atoms with Crippen molar-refractivity contribution in [3.8, 4) is 0 Å². The molecule has 0 spiro atoms. The van der Waals surface area contributed by atoms with Gasteiger partial charge in [0.2, 0.25) is 5.91 Å². The van der Waals surface area contributed by atoms with E-state index in [9.17, 15) is 9.59 Å². The zero-order chi connectivity index (χ0) is 9.84. The van der Waals surface area contributed by atoms with Gasteiger partial charge in [-0.05, 0) is 12.1 Å². The molecular formula is C8H9N3O2. The van der Waals surface area contributed by atoms with Gasteiger partial charge in [-0.1, -0.05) is 0 Å². The molecule has 0 saturated carbocycles. The number of nitrogens with zero attached hydrogens (tertiary/aromatic N) is 1. The predicted molar refractivity (Wildman–Crippen MR) is 45.7 cm³/mol. The molecule has 68 valence electrons. The fourth-order valence-electron chi connectivity index (χ4n) is 0.968. The maximum absolute atomic E-state index is 10.8. The average Bonchev–Trinajstić information content (AvgIpc) is 2.03.